The third-order valence-electron chi connectivity index (χ3n) is 2.69. The van der Waals surface area contributed by atoms with Crippen LogP contribution in [0.1, 0.15) is 17.2 Å². The quantitative estimate of drug-likeness (QED) is 0.550. The van der Waals surface area contributed by atoms with Crippen molar-refractivity contribution in [1.29, 1.82) is 0 Å². The lowest BCUT2D eigenvalue weighted by Gasteiger charge is -2.22. The Bertz CT molecular complexity index is 371. The summed E-state index contributed by atoms with van der Waals surface area (Å²) in [7, 11) is 2.86. The average molecular weight is 257 g/mol. The first-order chi connectivity index (χ1) is 8.58. The predicted molar refractivity (Wildman–Crippen MR) is 65.5 cm³/mol. The number of methoxy groups -OCH3 is 2. The van der Waals surface area contributed by atoms with Crippen LogP contribution in [0.4, 0.5) is 0 Å². The van der Waals surface area contributed by atoms with Crippen molar-refractivity contribution in [3.63, 3.8) is 0 Å². The number of rotatable bonds is 6. The van der Waals surface area contributed by atoms with Gasteiger partial charge in [-0.3, -0.25) is 0 Å². The molecule has 18 heavy (non-hydrogen) atoms. The normalized spacial score (nSPS) is 14.1. The molecule has 6 heteroatoms. The highest BCUT2D eigenvalue weighted by Crippen LogP contribution is 2.36. The van der Waals surface area contributed by atoms with Gasteiger partial charge in [0.25, 0.3) is 0 Å². The summed E-state index contributed by atoms with van der Waals surface area (Å²) >= 11 is 0. The highest BCUT2D eigenvalue weighted by molar-refractivity contribution is 5.49. The maximum absolute atomic E-state index is 10.0. The van der Waals surface area contributed by atoms with E-state index >= 15 is 0 Å². The second kappa shape index (κ2) is 6.55. The van der Waals surface area contributed by atoms with E-state index in [1.54, 1.807) is 12.1 Å². The van der Waals surface area contributed by atoms with Crippen molar-refractivity contribution >= 4 is 0 Å². The zero-order chi connectivity index (χ0) is 13.7. The first-order valence-corrected chi connectivity index (χ1v) is 5.50. The lowest BCUT2D eigenvalue weighted by Crippen LogP contribution is -2.27. The van der Waals surface area contributed by atoms with Crippen molar-refractivity contribution < 1.29 is 24.8 Å². The van der Waals surface area contributed by atoms with Crippen LogP contribution in [0.25, 0.3) is 0 Å². The van der Waals surface area contributed by atoms with E-state index < -0.39 is 12.2 Å². The van der Waals surface area contributed by atoms with E-state index in [4.69, 9.17) is 20.3 Å². The summed E-state index contributed by atoms with van der Waals surface area (Å²) in [4.78, 5) is 0. The molecule has 5 N–H and O–H groups in total. The lowest BCUT2D eigenvalue weighted by molar-refractivity contribution is 0.0214. The Morgan fingerprint density at radius 3 is 2.00 bits per heavy atom. The van der Waals surface area contributed by atoms with E-state index in [0.717, 1.165) is 0 Å². The first kappa shape index (κ1) is 14.7. The fraction of sp³-hybridized carbons (Fsp3) is 0.500. The largest absolute Gasteiger partial charge is 0.496 e. The maximum atomic E-state index is 10.0. The molecule has 6 nitrogen and oxygen atoms in total. The molecule has 0 heterocycles. The van der Waals surface area contributed by atoms with Gasteiger partial charge < -0.3 is 30.5 Å². The molecule has 1 aromatic carbocycles. The van der Waals surface area contributed by atoms with Crippen molar-refractivity contribution in [3.05, 3.63) is 23.3 Å². The van der Waals surface area contributed by atoms with Gasteiger partial charge in [-0.15, -0.1) is 0 Å². The van der Waals surface area contributed by atoms with Crippen LogP contribution in [-0.2, 0) is 6.61 Å². The Morgan fingerprint density at radius 2 is 1.67 bits per heavy atom. The number of hydrogen-bond acceptors (Lipinski definition) is 6. The molecule has 0 aliphatic rings. The van der Waals surface area contributed by atoms with E-state index in [1.165, 1.54) is 14.2 Å². The van der Waals surface area contributed by atoms with Crippen molar-refractivity contribution in [3.8, 4) is 11.5 Å². The SMILES string of the molecule is COc1cc(CO)cc(OC)c1C(O)C(O)CN. The highest BCUT2D eigenvalue weighted by atomic mass is 16.5. The van der Waals surface area contributed by atoms with Crippen LogP contribution in [0.5, 0.6) is 11.5 Å². The topological polar surface area (TPSA) is 105 Å². The number of aliphatic hydroxyl groups is 3. The van der Waals surface area contributed by atoms with Crippen LogP contribution in [0.3, 0.4) is 0 Å². The molecule has 0 aromatic heterocycles. The van der Waals surface area contributed by atoms with E-state index in [2.05, 4.69) is 0 Å². The Kier molecular flexibility index (Phi) is 5.36. The fourth-order valence-corrected chi connectivity index (χ4v) is 1.70. The summed E-state index contributed by atoms with van der Waals surface area (Å²) < 4.78 is 10.3. The van der Waals surface area contributed by atoms with Crippen LogP contribution in [-0.4, -0.2) is 42.2 Å². The van der Waals surface area contributed by atoms with Crippen LogP contribution >= 0.6 is 0 Å². The lowest BCUT2D eigenvalue weighted by atomic mass is 10.00. The molecule has 0 aliphatic heterocycles. The molecular weight excluding hydrogens is 238 g/mol. The minimum Gasteiger partial charge on any atom is -0.496 e. The number of nitrogens with two attached hydrogens (primary N) is 1. The molecule has 0 radical (unpaired) electrons. The van der Waals surface area contributed by atoms with E-state index in [-0.39, 0.29) is 13.2 Å². The van der Waals surface area contributed by atoms with Crippen molar-refractivity contribution in [2.45, 2.75) is 18.8 Å². The predicted octanol–water partition coefficient (Wildman–Crippen LogP) is -0.451. The monoisotopic (exact) mass is 257 g/mol. The molecule has 1 aromatic rings. The molecule has 102 valence electrons. The molecule has 2 unspecified atom stereocenters. The summed E-state index contributed by atoms with van der Waals surface area (Å²) in [5.74, 6) is 0.664. The van der Waals surface area contributed by atoms with Crippen LogP contribution in [0.15, 0.2) is 12.1 Å². The zero-order valence-electron chi connectivity index (χ0n) is 10.5. The van der Waals surface area contributed by atoms with E-state index in [9.17, 15) is 10.2 Å². The van der Waals surface area contributed by atoms with Gasteiger partial charge in [-0.25, -0.2) is 0 Å². The summed E-state index contributed by atoms with van der Waals surface area (Å²) in [5.41, 5.74) is 6.22. The second-order valence-corrected chi connectivity index (χ2v) is 3.82. The van der Waals surface area contributed by atoms with Crippen molar-refractivity contribution in [2.24, 2.45) is 5.73 Å². The Morgan fingerprint density at radius 1 is 1.17 bits per heavy atom. The third-order valence-corrected chi connectivity index (χ3v) is 2.69. The van der Waals surface area contributed by atoms with Crippen LogP contribution in [0.2, 0.25) is 0 Å². The zero-order valence-corrected chi connectivity index (χ0v) is 10.5. The number of hydrogen-bond donors (Lipinski definition) is 4. The van der Waals surface area contributed by atoms with Gasteiger partial charge >= 0.3 is 0 Å². The summed E-state index contributed by atoms with van der Waals surface area (Å²) in [6, 6.07) is 3.15. The van der Waals surface area contributed by atoms with Crippen LogP contribution in [0, 0.1) is 0 Å². The highest BCUT2D eigenvalue weighted by Gasteiger charge is 2.25. The van der Waals surface area contributed by atoms with Crippen LogP contribution < -0.4 is 15.2 Å². The van der Waals surface area contributed by atoms with Gasteiger partial charge in [-0.2, -0.15) is 0 Å². The van der Waals surface area contributed by atoms with Crippen molar-refractivity contribution in [1.82, 2.24) is 0 Å². The maximum Gasteiger partial charge on any atom is 0.128 e. The average Bonchev–Trinajstić information content (AvgIpc) is 2.43. The van der Waals surface area contributed by atoms with Gasteiger partial charge in [-0.05, 0) is 17.7 Å². The van der Waals surface area contributed by atoms with E-state index in [0.29, 0.717) is 22.6 Å². The number of ether oxygens (including phenoxy) is 2. The molecule has 0 aliphatic carbocycles. The molecule has 1 rings (SSSR count). The molecule has 0 bridgehead atoms. The smallest absolute Gasteiger partial charge is 0.128 e. The Balaban J connectivity index is 3.30. The number of benzene rings is 1. The number of aliphatic hydroxyl groups excluding tert-OH is 3. The molecular formula is C12H19NO5. The molecule has 0 saturated carbocycles. The molecule has 0 fully saturated rings. The van der Waals surface area contributed by atoms with Gasteiger partial charge in [0.05, 0.1) is 32.5 Å². The van der Waals surface area contributed by atoms with E-state index in [1.807, 2.05) is 0 Å². The van der Waals surface area contributed by atoms with Gasteiger partial charge in [0.1, 0.15) is 17.6 Å². The van der Waals surface area contributed by atoms with Crippen molar-refractivity contribution in [2.75, 3.05) is 20.8 Å². The minimum absolute atomic E-state index is 0.0881. The summed E-state index contributed by atoms with van der Waals surface area (Å²) in [6.45, 7) is -0.266. The Hall–Kier alpha value is -1.34. The van der Waals surface area contributed by atoms with Gasteiger partial charge in [0.15, 0.2) is 0 Å². The molecule has 0 spiro atoms. The second-order valence-electron chi connectivity index (χ2n) is 3.82. The Labute approximate surface area is 106 Å². The standard InChI is InChI=1S/C12H19NO5/c1-17-9-3-7(6-14)4-10(18-2)11(9)12(16)8(15)5-13/h3-4,8,12,14-16H,5-6,13H2,1-2H3. The molecule has 0 saturated heterocycles. The van der Waals surface area contributed by atoms with Gasteiger partial charge in [0.2, 0.25) is 0 Å². The fourth-order valence-electron chi connectivity index (χ4n) is 1.70. The summed E-state index contributed by atoms with van der Waals surface area (Å²) in [5, 5.41) is 28.8. The van der Waals surface area contributed by atoms with Gasteiger partial charge in [0, 0.05) is 6.54 Å². The molecule has 2 atom stereocenters. The molecule has 0 amide bonds. The van der Waals surface area contributed by atoms with Gasteiger partial charge in [-0.1, -0.05) is 0 Å². The third kappa shape index (κ3) is 2.91. The first-order valence-electron chi connectivity index (χ1n) is 5.50. The summed E-state index contributed by atoms with van der Waals surface area (Å²) in [6.07, 6.45) is -2.33. The minimum atomic E-state index is -1.22.